The van der Waals surface area contributed by atoms with Crippen molar-refractivity contribution < 1.29 is 19.4 Å². The molecule has 0 aliphatic rings. The average Bonchev–Trinajstić information content (AvgIpc) is 2.62. The van der Waals surface area contributed by atoms with Gasteiger partial charge in [0.05, 0.1) is 13.0 Å². The number of carboxylic acids is 1. The van der Waals surface area contributed by atoms with Crippen LogP contribution in [0.25, 0.3) is 0 Å². The lowest BCUT2D eigenvalue weighted by Crippen LogP contribution is -2.26. The van der Waals surface area contributed by atoms with Gasteiger partial charge in [-0.05, 0) is 23.6 Å². The smallest absolute Gasteiger partial charge is 0.303 e. The molecule has 5 heteroatoms. The van der Waals surface area contributed by atoms with Crippen LogP contribution >= 0.6 is 0 Å². The number of carbonyl (C=O) groups is 2. The molecule has 0 heterocycles. The Balaban J connectivity index is 1.77. The summed E-state index contributed by atoms with van der Waals surface area (Å²) < 4.78 is 5.89. The molecular formula is C20H23NO4. The Hall–Kier alpha value is -2.82. The number of rotatable bonds is 10. The summed E-state index contributed by atoms with van der Waals surface area (Å²) in [5, 5.41) is 11.3. The fourth-order valence-electron chi connectivity index (χ4n) is 2.42. The molecule has 0 saturated carbocycles. The maximum Gasteiger partial charge on any atom is 0.303 e. The molecule has 0 radical (unpaired) electrons. The Labute approximate surface area is 147 Å². The zero-order valence-electron chi connectivity index (χ0n) is 14.1. The Morgan fingerprint density at radius 1 is 0.920 bits per heavy atom. The monoisotopic (exact) mass is 341 g/mol. The van der Waals surface area contributed by atoms with E-state index in [9.17, 15) is 9.59 Å². The van der Waals surface area contributed by atoms with Crippen molar-refractivity contribution >= 4 is 11.9 Å². The van der Waals surface area contributed by atoms with E-state index in [1.807, 2.05) is 42.5 Å². The zero-order valence-corrected chi connectivity index (χ0v) is 14.1. The van der Waals surface area contributed by atoms with E-state index in [1.54, 1.807) is 0 Å². The van der Waals surface area contributed by atoms with Crippen LogP contribution in [0.2, 0.25) is 0 Å². The zero-order chi connectivity index (χ0) is 17.9. The third-order valence-electron chi connectivity index (χ3n) is 3.75. The topological polar surface area (TPSA) is 75.6 Å². The van der Waals surface area contributed by atoms with Crippen molar-refractivity contribution in [2.75, 3.05) is 13.2 Å². The molecule has 0 aliphatic carbocycles. The molecule has 0 atom stereocenters. The number of ether oxygens (including phenoxy) is 1. The molecule has 25 heavy (non-hydrogen) atoms. The summed E-state index contributed by atoms with van der Waals surface area (Å²) in [6, 6.07) is 17.9. The minimum absolute atomic E-state index is 0.00452. The first-order valence-corrected chi connectivity index (χ1v) is 8.38. The van der Waals surface area contributed by atoms with Crippen molar-refractivity contribution in [2.45, 2.75) is 25.7 Å². The SMILES string of the molecule is O=C(O)CCC(=O)NCCc1ccccc1OCCc1ccccc1. The van der Waals surface area contributed by atoms with Gasteiger partial charge in [-0.25, -0.2) is 0 Å². The second-order valence-corrected chi connectivity index (χ2v) is 5.69. The summed E-state index contributed by atoms with van der Waals surface area (Å²) >= 11 is 0. The van der Waals surface area contributed by atoms with Gasteiger partial charge in [0.15, 0.2) is 0 Å². The number of para-hydroxylation sites is 1. The van der Waals surface area contributed by atoms with Gasteiger partial charge >= 0.3 is 5.97 Å². The predicted molar refractivity (Wildman–Crippen MR) is 95.7 cm³/mol. The molecule has 0 bridgehead atoms. The minimum Gasteiger partial charge on any atom is -0.493 e. The maximum atomic E-state index is 11.5. The van der Waals surface area contributed by atoms with Crippen LogP contribution in [-0.4, -0.2) is 30.1 Å². The summed E-state index contributed by atoms with van der Waals surface area (Å²) in [5.41, 5.74) is 2.25. The standard InChI is InChI=1S/C20H23NO4/c22-19(10-11-20(23)24)21-14-12-17-8-4-5-9-18(17)25-15-13-16-6-2-1-3-7-16/h1-9H,10-15H2,(H,21,22)(H,23,24). The quantitative estimate of drug-likeness (QED) is 0.697. The third-order valence-corrected chi connectivity index (χ3v) is 3.75. The van der Waals surface area contributed by atoms with Crippen molar-refractivity contribution in [1.82, 2.24) is 5.32 Å². The summed E-state index contributed by atoms with van der Waals surface area (Å²) in [6.07, 6.45) is 1.33. The van der Waals surface area contributed by atoms with Crippen LogP contribution in [0, 0.1) is 0 Å². The molecular weight excluding hydrogens is 318 g/mol. The number of hydrogen-bond donors (Lipinski definition) is 2. The number of carboxylic acid groups (broad SMARTS) is 1. The van der Waals surface area contributed by atoms with Crippen LogP contribution < -0.4 is 10.1 Å². The third kappa shape index (κ3) is 7.08. The van der Waals surface area contributed by atoms with Crippen LogP contribution in [-0.2, 0) is 22.4 Å². The maximum absolute atomic E-state index is 11.5. The Bertz CT molecular complexity index is 685. The van der Waals surface area contributed by atoms with Gasteiger partial charge in [-0.15, -0.1) is 0 Å². The molecule has 0 unspecified atom stereocenters. The van der Waals surface area contributed by atoms with E-state index in [0.29, 0.717) is 19.6 Å². The Morgan fingerprint density at radius 2 is 1.64 bits per heavy atom. The van der Waals surface area contributed by atoms with Gasteiger partial charge in [0.25, 0.3) is 0 Å². The van der Waals surface area contributed by atoms with Gasteiger partial charge in [-0.2, -0.15) is 0 Å². The fourth-order valence-corrected chi connectivity index (χ4v) is 2.42. The fraction of sp³-hybridized carbons (Fsp3) is 0.300. The van der Waals surface area contributed by atoms with Crippen molar-refractivity contribution in [3.8, 4) is 5.75 Å². The first kappa shape index (κ1) is 18.5. The largest absolute Gasteiger partial charge is 0.493 e. The lowest BCUT2D eigenvalue weighted by Gasteiger charge is -2.12. The predicted octanol–water partition coefficient (Wildman–Crippen LogP) is 2.83. The van der Waals surface area contributed by atoms with Crippen molar-refractivity contribution in [3.05, 3.63) is 65.7 Å². The highest BCUT2D eigenvalue weighted by Crippen LogP contribution is 2.18. The molecule has 2 aromatic carbocycles. The molecule has 0 saturated heterocycles. The second-order valence-electron chi connectivity index (χ2n) is 5.69. The molecule has 0 spiro atoms. The highest BCUT2D eigenvalue weighted by molar-refractivity contribution is 5.80. The molecule has 2 N–H and O–H groups in total. The average molecular weight is 341 g/mol. The number of benzene rings is 2. The molecule has 2 rings (SSSR count). The van der Waals surface area contributed by atoms with Crippen molar-refractivity contribution in [1.29, 1.82) is 0 Å². The minimum atomic E-state index is -0.965. The van der Waals surface area contributed by atoms with Gasteiger partial charge in [-0.3, -0.25) is 9.59 Å². The lowest BCUT2D eigenvalue weighted by molar-refractivity contribution is -0.138. The molecule has 0 fully saturated rings. The molecule has 1 amide bonds. The molecule has 132 valence electrons. The van der Waals surface area contributed by atoms with Crippen LogP contribution in [0.3, 0.4) is 0 Å². The summed E-state index contributed by atoms with van der Waals surface area (Å²) in [7, 11) is 0. The highest BCUT2D eigenvalue weighted by Gasteiger charge is 2.07. The van der Waals surface area contributed by atoms with Gasteiger partial charge in [-0.1, -0.05) is 48.5 Å². The van der Waals surface area contributed by atoms with E-state index in [1.165, 1.54) is 5.56 Å². The van der Waals surface area contributed by atoms with Crippen LogP contribution in [0.4, 0.5) is 0 Å². The Kier molecular flexibility index (Phi) is 7.50. The summed E-state index contributed by atoms with van der Waals surface area (Å²) in [4.78, 5) is 22.0. The van der Waals surface area contributed by atoms with Gasteiger partial charge in [0.1, 0.15) is 5.75 Å². The number of aliphatic carboxylic acids is 1. The second kappa shape index (κ2) is 10.1. The van der Waals surface area contributed by atoms with Gasteiger partial charge < -0.3 is 15.2 Å². The van der Waals surface area contributed by atoms with Gasteiger partial charge in [0, 0.05) is 19.4 Å². The van der Waals surface area contributed by atoms with Crippen molar-refractivity contribution in [3.63, 3.8) is 0 Å². The molecule has 0 aliphatic heterocycles. The van der Waals surface area contributed by atoms with E-state index >= 15 is 0 Å². The van der Waals surface area contributed by atoms with Crippen LogP contribution in [0.15, 0.2) is 54.6 Å². The van der Waals surface area contributed by atoms with E-state index in [0.717, 1.165) is 17.7 Å². The van der Waals surface area contributed by atoms with E-state index in [4.69, 9.17) is 9.84 Å². The van der Waals surface area contributed by atoms with E-state index in [-0.39, 0.29) is 18.7 Å². The lowest BCUT2D eigenvalue weighted by atomic mass is 10.1. The van der Waals surface area contributed by atoms with Gasteiger partial charge in [0.2, 0.25) is 5.91 Å². The van der Waals surface area contributed by atoms with Crippen LogP contribution in [0.1, 0.15) is 24.0 Å². The Morgan fingerprint density at radius 3 is 2.40 bits per heavy atom. The van der Waals surface area contributed by atoms with E-state index in [2.05, 4.69) is 17.4 Å². The first-order valence-electron chi connectivity index (χ1n) is 8.38. The van der Waals surface area contributed by atoms with Crippen LogP contribution in [0.5, 0.6) is 5.75 Å². The molecule has 0 aromatic heterocycles. The number of amides is 1. The molecule has 5 nitrogen and oxygen atoms in total. The van der Waals surface area contributed by atoms with E-state index < -0.39 is 5.97 Å². The number of carbonyl (C=O) groups excluding carboxylic acids is 1. The first-order chi connectivity index (χ1) is 12.1. The molecule has 2 aromatic rings. The highest BCUT2D eigenvalue weighted by atomic mass is 16.5. The summed E-state index contributed by atoms with van der Waals surface area (Å²) in [6.45, 7) is 1.05. The van der Waals surface area contributed by atoms with Crippen molar-refractivity contribution in [2.24, 2.45) is 0 Å². The summed E-state index contributed by atoms with van der Waals surface area (Å²) in [5.74, 6) is -0.393. The number of hydrogen-bond acceptors (Lipinski definition) is 3. The normalized spacial score (nSPS) is 10.2. The number of nitrogens with one attached hydrogen (secondary N) is 1.